The van der Waals surface area contributed by atoms with Gasteiger partial charge in [0, 0.05) is 47.4 Å². The van der Waals surface area contributed by atoms with Gasteiger partial charge in [-0.05, 0) is 62.8 Å². The summed E-state index contributed by atoms with van der Waals surface area (Å²) < 4.78 is 20.4. The van der Waals surface area contributed by atoms with Gasteiger partial charge >= 0.3 is 0 Å². The van der Waals surface area contributed by atoms with Crippen LogP contribution >= 0.6 is 0 Å². The summed E-state index contributed by atoms with van der Waals surface area (Å²) in [6.45, 7) is 1.15. The van der Waals surface area contributed by atoms with Crippen LogP contribution in [0.25, 0.3) is 56.0 Å². The molecule has 1 saturated carbocycles. The third-order valence-corrected chi connectivity index (χ3v) is 7.82. The lowest BCUT2D eigenvalue weighted by Crippen LogP contribution is -2.28. The molecule has 5 heterocycles. The molecular weight excluding hydrogens is 561 g/mol. The molecule has 6 aromatic rings. The Labute approximate surface area is 251 Å². The number of carbonyl (C=O) groups excluding carboxylic acids is 1. The number of fused-ring (bicyclic) bond motifs is 2. The number of anilines is 1. The molecule has 0 unspecified atom stereocenters. The van der Waals surface area contributed by atoms with Crippen molar-refractivity contribution in [3.8, 4) is 39.7 Å². The second kappa shape index (κ2) is 11.5. The SMILES string of the molecule is CN(C)CCOc1cc(F)cc(-c2ccnc3[nH]c(-c4n[nH]c5cnc(-c6cncc(NC(=O)C7CCC7)c6)cc45)nc23)c1. The Morgan fingerprint density at radius 1 is 1.09 bits per heavy atom. The van der Waals surface area contributed by atoms with E-state index in [2.05, 4.69) is 35.5 Å². The van der Waals surface area contributed by atoms with E-state index in [4.69, 9.17) is 9.72 Å². The van der Waals surface area contributed by atoms with Gasteiger partial charge in [0.2, 0.25) is 5.91 Å². The van der Waals surface area contributed by atoms with Crippen LogP contribution in [0.15, 0.2) is 61.2 Å². The standard InChI is InChI=1S/C32H30FN9O2/c1-42(2)8-9-44-23-12-19(10-21(33)13-23)24-6-7-35-30-28(24)38-31(39-30)29-25-14-26(36-17-27(25)40-41-29)20-11-22(16-34-15-20)37-32(43)18-4-3-5-18/h6-7,10-18H,3-5,8-9H2,1-2H3,(H,37,43)(H,40,41)(H,35,38,39). The van der Waals surface area contributed by atoms with Gasteiger partial charge < -0.3 is 19.9 Å². The number of nitrogens with zero attached hydrogens (tertiary/aromatic N) is 6. The van der Waals surface area contributed by atoms with Crippen molar-refractivity contribution < 1.29 is 13.9 Å². The minimum atomic E-state index is -0.400. The Morgan fingerprint density at radius 3 is 2.80 bits per heavy atom. The second-order valence-electron chi connectivity index (χ2n) is 11.2. The monoisotopic (exact) mass is 591 g/mol. The average Bonchev–Trinajstić information content (AvgIpc) is 3.59. The lowest BCUT2D eigenvalue weighted by Gasteiger charge is -2.24. The first-order chi connectivity index (χ1) is 21.4. The molecule has 1 amide bonds. The Bertz CT molecular complexity index is 2000. The number of aromatic amines is 2. The topological polar surface area (TPSA) is 138 Å². The molecule has 0 spiro atoms. The number of nitrogens with one attached hydrogen (secondary N) is 3. The van der Waals surface area contributed by atoms with Gasteiger partial charge in [-0.2, -0.15) is 5.10 Å². The van der Waals surface area contributed by atoms with Crippen LogP contribution < -0.4 is 10.1 Å². The van der Waals surface area contributed by atoms with Gasteiger partial charge in [-0.1, -0.05) is 6.42 Å². The summed E-state index contributed by atoms with van der Waals surface area (Å²) in [6, 6.07) is 10.2. The number of benzene rings is 1. The maximum atomic E-state index is 14.6. The highest BCUT2D eigenvalue weighted by atomic mass is 19.1. The minimum Gasteiger partial charge on any atom is -0.492 e. The molecule has 1 aliphatic carbocycles. The van der Waals surface area contributed by atoms with Gasteiger partial charge in [0.1, 0.15) is 29.4 Å². The normalized spacial score (nSPS) is 13.5. The fourth-order valence-corrected chi connectivity index (χ4v) is 5.22. The van der Waals surface area contributed by atoms with Gasteiger partial charge in [-0.3, -0.25) is 19.9 Å². The molecule has 1 aromatic carbocycles. The molecule has 1 aliphatic rings. The first kappa shape index (κ1) is 27.6. The van der Waals surface area contributed by atoms with E-state index in [-0.39, 0.29) is 11.8 Å². The molecule has 0 aliphatic heterocycles. The Kier molecular flexibility index (Phi) is 7.18. The minimum absolute atomic E-state index is 0.0277. The number of H-pyrrole nitrogens is 2. The van der Waals surface area contributed by atoms with Crippen LogP contribution in [0.3, 0.4) is 0 Å². The molecule has 222 valence electrons. The molecule has 12 heteroatoms. The zero-order valence-corrected chi connectivity index (χ0v) is 24.3. The number of halogens is 1. The zero-order valence-electron chi connectivity index (χ0n) is 24.3. The highest BCUT2D eigenvalue weighted by molar-refractivity contribution is 5.97. The lowest BCUT2D eigenvalue weighted by molar-refractivity contribution is -0.122. The van der Waals surface area contributed by atoms with E-state index < -0.39 is 5.82 Å². The number of hydrogen-bond donors (Lipinski definition) is 3. The Morgan fingerprint density at radius 2 is 1.98 bits per heavy atom. The molecule has 44 heavy (non-hydrogen) atoms. The summed E-state index contributed by atoms with van der Waals surface area (Å²) in [4.78, 5) is 36.0. The fraction of sp³-hybridized carbons (Fsp3) is 0.250. The first-order valence-corrected chi connectivity index (χ1v) is 14.5. The predicted octanol–water partition coefficient (Wildman–Crippen LogP) is 5.44. The Hall–Kier alpha value is -5.23. The maximum absolute atomic E-state index is 14.6. The van der Waals surface area contributed by atoms with Gasteiger partial charge in [0.25, 0.3) is 0 Å². The molecule has 0 saturated heterocycles. The molecule has 0 radical (unpaired) electrons. The smallest absolute Gasteiger partial charge is 0.227 e. The van der Waals surface area contributed by atoms with E-state index in [0.717, 1.165) is 35.7 Å². The first-order valence-electron chi connectivity index (χ1n) is 14.5. The van der Waals surface area contributed by atoms with Gasteiger partial charge in [0.05, 0.1) is 29.3 Å². The van der Waals surface area contributed by atoms with Crippen molar-refractivity contribution in [2.75, 3.05) is 32.6 Å². The van der Waals surface area contributed by atoms with Crippen molar-refractivity contribution in [3.63, 3.8) is 0 Å². The predicted molar refractivity (Wildman–Crippen MR) is 165 cm³/mol. The van der Waals surface area contributed by atoms with Crippen LogP contribution in [-0.4, -0.2) is 73.2 Å². The van der Waals surface area contributed by atoms with Crippen molar-refractivity contribution >= 4 is 33.7 Å². The summed E-state index contributed by atoms with van der Waals surface area (Å²) in [6.07, 6.45) is 9.65. The van der Waals surface area contributed by atoms with E-state index in [1.807, 2.05) is 31.1 Å². The molecule has 0 atom stereocenters. The summed E-state index contributed by atoms with van der Waals surface area (Å²) >= 11 is 0. The van der Waals surface area contributed by atoms with Crippen molar-refractivity contribution in [1.29, 1.82) is 0 Å². The number of likely N-dealkylation sites (N-methyl/N-ethyl adjacent to an activating group) is 1. The number of aromatic nitrogens is 7. The fourth-order valence-electron chi connectivity index (χ4n) is 5.22. The quantitative estimate of drug-likeness (QED) is 0.202. The van der Waals surface area contributed by atoms with Crippen LogP contribution in [0, 0.1) is 11.7 Å². The maximum Gasteiger partial charge on any atom is 0.227 e. The number of imidazole rings is 1. The van der Waals surface area contributed by atoms with E-state index in [0.29, 0.717) is 64.1 Å². The summed E-state index contributed by atoms with van der Waals surface area (Å²) in [5.41, 5.74) is 5.84. The molecule has 3 N–H and O–H groups in total. The van der Waals surface area contributed by atoms with Crippen LogP contribution in [0.2, 0.25) is 0 Å². The number of amides is 1. The number of pyridine rings is 3. The van der Waals surface area contributed by atoms with Crippen LogP contribution in [0.5, 0.6) is 5.75 Å². The van der Waals surface area contributed by atoms with Crippen molar-refractivity contribution in [2.45, 2.75) is 19.3 Å². The molecule has 11 nitrogen and oxygen atoms in total. The third-order valence-electron chi connectivity index (χ3n) is 7.82. The Balaban J connectivity index is 1.21. The van der Waals surface area contributed by atoms with Gasteiger partial charge in [0.15, 0.2) is 11.5 Å². The summed E-state index contributed by atoms with van der Waals surface area (Å²) in [7, 11) is 3.91. The van der Waals surface area contributed by atoms with Crippen molar-refractivity contribution in [3.05, 3.63) is 67.0 Å². The van der Waals surface area contributed by atoms with E-state index in [1.165, 1.54) is 12.1 Å². The van der Waals surface area contributed by atoms with Crippen LogP contribution in [-0.2, 0) is 4.79 Å². The third kappa shape index (κ3) is 5.47. The molecule has 5 aromatic heterocycles. The zero-order chi connectivity index (χ0) is 30.2. The summed E-state index contributed by atoms with van der Waals surface area (Å²) in [5, 5.41) is 11.3. The van der Waals surface area contributed by atoms with Crippen LogP contribution in [0.1, 0.15) is 19.3 Å². The van der Waals surface area contributed by atoms with E-state index in [1.54, 1.807) is 36.9 Å². The highest BCUT2D eigenvalue weighted by Crippen LogP contribution is 2.34. The van der Waals surface area contributed by atoms with Gasteiger partial charge in [-0.15, -0.1) is 0 Å². The molecule has 0 bridgehead atoms. The molecule has 1 fully saturated rings. The summed E-state index contributed by atoms with van der Waals surface area (Å²) in [5.74, 6) is 0.649. The average molecular weight is 592 g/mol. The highest BCUT2D eigenvalue weighted by Gasteiger charge is 2.25. The van der Waals surface area contributed by atoms with Crippen molar-refractivity contribution in [2.24, 2.45) is 5.92 Å². The van der Waals surface area contributed by atoms with E-state index >= 15 is 0 Å². The lowest BCUT2D eigenvalue weighted by atomic mass is 9.85. The molecule has 7 rings (SSSR count). The largest absolute Gasteiger partial charge is 0.492 e. The van der Waals surface area contributed by atoms with E-state index in [9.17, 15) is 9.18 Å². The number of carbonyl (C=O) groups is 1. The number of ether oxygens (including phenoxy) is 1. The number of rotatable bonds is 9. The van der Waals surface area contributed by atoms with Crippen LogP contribution in [0.4, 0.5) is 10.1 Å². The number of hydrogen-bond acceptors (Lipinski definition) is 8. The van der Waals surface area contributed by atoms with Crippen molar-refractivity contribution in [1.82, 2.24) is 40.0 Å². The second-order valence-corrected chi connectivity index (χ2v) is 11.2. The van der Waals surface area contributed by atoms with Gasteiger partial charge in [-0.25, -0.2) is 14.4 Å². The molecular formula is C32H30FN9O2.